The zero-order chi connectivity index (χ0) is 15.2. The Morgan fingerprint density at radius 2 is 2.00 bits per heavy atom. The number of hydrogen-bond donors (Lipinski definition) is 2. The van der Waals surface area contributed by atoms with Crippen molar-refractivity contribution in [1.29, 1.82) is 0 Å². The summed E-state index contributed by atoms with van der Waals surface area (Å²) in [7, 11) is 0. The van der Waals surface area contributed by atoms with Gasteiger partial charge in [-0.1, -0.05) is 18.2 Å². The van der Waals surface area contributed by atoms with Gasteiger partial charge in [0, 0.05) is 28.3 Å². The molecule has 2 N–H and O–H groups in total. The van der Waals surface area contributed by atoms with Crippen LogP contribution in [0.2, 0.25) is 0 Å². The number of anilines is 1. The zero-order valence-electron chi connectivity index (χ0n) is 11.8. The minimum Gasteiger partial charge on any atom is -0.456 e. The Balaban J connectivity index is 1.68. The molecule has 0 saturated carbocycles. The fourth-order valence-electron chi connectivity index (χ4n) is 2.78. The van der Waals surface area contributed by atoms with E-state index in [2.05, 4.69) is 5.32 Å². The summed E-state index contributed by atoms with van der Waals surface area (Å²) in [5, 5.41) is 15.2. The van der Waals surface area contributed by atoms with Crippen molar-refractivity contribution in [2.24, 2.45) is 0 Å². The normalized spacial score (nSPS) is 21.5. The fraction of sp³-hybridized carbons (Fsp3) is 0.235. The van der Waals surface area contributed by atoms with Crippen LogP contribution in [-0.4, -0.2) is 28.1 Å². The van der Waals surface area contributed by atoms with Crippen molar-refractivity contribution in [2.45, 2.75) is 12.0 Å². The molecule has 5 heteroatoms. The van der Waals surface area contributed by atoms with Crippen LogP contribution < -0.4 is 5.32 Å². The first-order valence-corrected chi connectivity index (χ1v) is 8.34. The van der Waals surface area contributed by atoms with Gasteiger partial charge in [-0.15, -0.1) is 0 Å². The molecule has 3 aromatic rings. The average molecular weight is 313 g/mol. The van der Waals surface area contributed by atoms with Gasteiger partial charge in [0.05, 0.1) is 0 Å². The number of carbonyl (C=O) groups excluding carboxylic acids is 1. The first kappa shape index (κ1) is 13.7. The standard InChI is InChI=1S/C17H15NO3S/c19-16(17(20)7-8-22-10-17)18-11-5-6-13-12-3-1-2-4-14(12)21-15(13)9-11/h1-6,9,20H,7-8,10H2,(H,18,19). The molecular formula is C17H15NO3S. The van der Waals surface area contributed by atoms with E-state index in [9.17, 15) is 9.90 Å². The van der Waals surface area contributed by atoms with Crippen LogP contribution in [0.5, 0.6) is 0 Å². The summed E-state index contributed by atoms with van der Waals surface area (Å²) in [5.41, 5.74) is 0.938. The summed E-state index contributed by atoms with van der Waals surface area (Å²) in [6.45, 7) is 0. The first-order chi connectivity index (χ1) is 10.7. The number of benzene rings is 2. The second-order valence-corrected chi connectivity index (χ2v) is 6.70. The molecule has 1 unspecified atom stereocenters. The Morgan fingerprint density at radius 1 is 1.18 bits per heavy atom. The van der Waals surface area contributed by atoms with Gasteiger partial charge in [-0.25, -0.2) is 0 Å². The Morgan fingerprint density at radius 3 is 2.82 bits per heavy atom. The Hall–Kier alpha value is -1.98. The smallest absolute Gasteiger partial charge is 0.257 e. The lowest BCUT2D eigenvalue weighted by Gasteiger charge is -2.20. The van der Waals surface area contributed by atoms with Crippen molar-refractivity contribution in [2.75, 3.05) is 16.8 Å². The highest BCUT2D eigenvalue weighted by molar-refractivity contribution is 7.99. The van der Waals surface area contributed by atoms with E-state index in [1.807, 2.05) is 36.4 Å². The van der Waals surface area contributed by atoms with Gasteiger partial charge < -0.3 is 14.8 Å². The summed E-state index contributed by atoms with van der Waals surface area (Å²) < 4.78 is 5.81. The van der Waals surface area contributed by atoms with E-state index < -0.39 is 5.60 Å². The molecule has 0 spiro atoms. The molecule has 0 bridgehead atoms. The number of furan rings is 1. The van der Waals surface area contributed by atoms with Crippen LogP contribution in [0.3, 0.4) is 0 Å². The van der Waals surface area contributed by atoms with Crippen molar-refractivity contribution in [1.82, 2.24) is 0 Å². The Labute approximate surface area is 131 Å². The fourth-order valence-corrected chi connectivity index (χ4v) is 4.02. The van der Waals surface area contributed by atoms with Crippen LogP contribution in [0.15, 0.2) is 46.9 Å². The predicted octanol–water partition coefficient (Wildman–Crippen LogP) is 3.39. The van der Waals surface area contributed by atoms with Gasteiger partial charge in [0.2, 0.25) is 0 Å². The molecular weight excluding hydrogens is 298 g/mol. The van der Waals surface area contributed by atoms with Gasteiger partial charge in [-0.3, -0.25) is 4.79 Å². The van der Waals surface area contributed by atoms with Crippen LogP contribution in [-0.2, 0) is 4.79 Å². The lowest BCUT2D eigenvalue weighted by atomic mass is 10.0. The SMILES string of the molecule is O=C(Nc1ccc2c(c1)oc1ccccc12)C1(O)CCSC1. The molecule has 1 fully saturated rings. The van der Waals surface area contributed by atoms with Crippen molar-refractivity contribution in [3.63, 3.8) is 0 Å². The first-order valence-electron chi connectivity index (χ1n) is 7.19. The molecule has 0 radical (unpaired) electrons. The molecule has 1 saturated heterocycles. The van der Waals surface area contributed by atoms with Crippen molar-refractivity contribution < 1.29 is 14.3 Å². The average Bonchev–Trinajstić information content (AvgIpc) is 3.11. The summed E-state index contributed by atoms with van der Waals surface area (Å²) in [5.74, 6) is 0.922. The number of hydrogen-bond acceptors (Lipinski definition) is 4. The predicted molar refractivity (Wildman–Crippen MR) is 89.2 cm³/mol. The van der Waals surface area contributed by atoms with E-state index in [0.717, 1.165) is 27.7 Å². The number of fused-ring (bicyclic) bond motifs is 3. The van der Waals surface area contributed by atoms with Gasteiger partial charge in [-0.2, -0.15) is 11.8 Å². The lowest BCUT2D eigenvalue weighted by molar-refractivity contribution is -0.131. The molecule has 1 atom stereocenters. The molecule has 1 amide bonds. The summed E-state index contributed by atoms with van der Waals surface area (Å²) >= 11 is 1.60. The number of thioether (sulfide) groups is 1. The van der Waals surface area contributed by atoms with E-state index in [0.29, 0.717) is 17.9 Å². The van der Waals surface area contributed by atoms with Gasteiger partial charge in [0.25, 0.3) is 5.91 Å². The van der Waals surface area contributed by atoms with E-state index in [1.165, 1.54) is 0 Å². The van der Waals surface area contributed by atoms with Crippen LogP contribution in [0.4, 0.5) is 5.69 Å². The maximum atomic E-state index is 12.2. The number of aliphatic hydroxyl groups is 1. The highest BCUT2D eigenvalue weighted by Crippen LogP contribution is 2.32. The van der Waals surface area contributed by atoms with Crippen LogP contribution in [0, 0.1) is 0 Å². The molecule has 4 rings (SSSR count). The number of para-hydroxylation sites is 1. The third kappa shape index (κ3) is 2.17. The molecule has 1 aromatic heterocycles. The van der Waals surface area contributed by atoms with E-state index in [1.54, 1.807) is 17.8 Å². The maximum absolute atomic E-state index is 12.2. The maximum Gasteiger partial charge on any atom is 0.257 e. The highest BCUT2D eigenvalue weighted by atomic mass is 32.2. The van der Waals surface area contributed by atoms with E-state index in [4.69, 9.17) is 4.42 Å². The highest BCUT2D eigenvalue weighted by Gasteiger charge is 2.39. The van der Waals surface area contributed by atoms with E-state index >= 15 is 0 Å². The number of carbonyl (C=O) groups is 1. The monoisotopic (exact) mass is 313 g/mol. The number of rotatable bonds is 2. The quantitative estimate of drug-likeness (QED) is 0.761. The Kier molecular flexibility index (Phi) is 3.13. The second-order valence-electron chi connectivity index (χ2n) is 5.60. The topological polar surface area (TPSA) is 62.5 Å². The van der Waals surface area contributed by atoms with Crippen LogP contribution in [0.1, 0.15) is 6.42 Å². The Bertz CT molecular complexity index is 865. The molecule has 4 nitrogen and oxygen atoms in total. The molecule has 112 valence electrons. The third-order valence-electron chi connectivity index (χ3n) is 4.06. The zero-order valence-corrected chi connectivity index (χ0v) is 12.7. The summed E-state index contributed by atoms with van der Waals surface area (Å²) in [6.07, 6.45) is 0.496. The van der Waals surface area contributed by atoms with Crippen molar-refractivity contribution in [3.8, 4) is 0 Å². The van der Waals surface area contributed by atoms with Gasteiger partial charge in [-0.05, 0) is 30.4 Å². The minimum atomic E-state index is -1.26. The second kappa shape index (κ2) is 5.04. The molecule has 22 heavy (non-hydrogen) atoms. The third-order valence-corrected chi connectivity index (χ3v) is 5.23. The molecule has 1 aliphatic heterocycles. The van der Waals surface area contributed by atoms with E-state index in [-0.39, 0.29) is 5.91 Å². The molecule has 0 aliphatic carbocycles. The minimum absolute atomic E-state index is 0.340. The van der Waals surface area contributed by atoms with Crippen molar-refractivity contribution in [3.05, 3.63) is 42.5 Å². The van der Waals surface area contributed by atoms with Crippen LogP contribution in [0.25, 0.3) is 21.9 Å². The molecule has 2 heterocycles. The molecule has 1 aliphatic rings. The summed E-state index contributed by atoms with van der Waals surface area (Å²) in [6, 6.07) is 13.4. The lowest BCUT2D eigenvalue weighted by Crippen LogP contribution is -2.42. The number of amides is 1. The number of nitrogens with one attached hydrogen (secondary N) is 1. The largest absolute Gasteiger partial charge is 0.456 e. The summed E-state index contributed by atoms with van der Waals surface area (Å²) in [4.78, 5) is 12.2. The van der Waals surface area contributed by atoms with Gasteiger partial charge in [0.1, 0.15) is 11.2 Å². The van der Waals surface area contributed by atoms with Gasteiger partial charge in [0.15, 0.2) is 5.60 Å². The molecule has 2 aromatic carbocycles. The van der Waals surface area contributed by atoms with Gasteiger partial charge >= 0.3 is 0 Å². The van der Waals surface area contributed by atoms with Crippen LogP contribution >= 0.6 is 11.8 Å². The van der Waals surface area contributed by atoms with Crippen molar-refractivity contribution >= 4 is 45.3 Å².